The van der Waals surface area contributed by atoms with Gasteiger partial charge in [0.15, 0.2) is 0 Å². The Balaban J connectivity index is 2.08. The van der Waals surface area contributed by atoms with Crippen molar-refractivity contribution in [3.05, 3.63) is 66.2 Å². The van der Waals surface area contributed by atoms with E-state index in [0.29, 0.717) is 5.69 Å². The average molecular weight is 275 g/mol. The molecule has 0 bridgehead atoms. The van der Waals surface area contributed by atoms with E-state index in [1.54, 1.807) is 36.4 Å². The predicted molar refractivity (Wildman–Crippen MR) is 71.7 cm³/mol. The maximum absolute atomic E-state index is 11.7. The number of hydrogen-bond donors (Lipinski definition) is 2. The van der Waals surface area contributed by atoms with Crippen molar-refractivity contribution in [3.8, 4) is 0 Å². The fourth-order valence-electron chi connectivity index (χ4n) is 1.41. The van der Waals surface area contributed by atoms with Crippen molar-refractivity contribution in [2.45, 2.75) is 0 Å². The maximum Gasteiger partial charge on any atom is 0.323 e. The molecule has 1 radical (unpaired) electrons. The standard InChI is InChI=1S/C13H11N2O3S/c16-13(11-7-3-1-4-8-11)15-19(17,18)14-12-9-5-2-6-10-12/h1-5,7-10,14H,(H,15,16). The SMILES string of the molecule is O=C(NS(=O)(=O)Nc1c[c]ccc1)c1ccccc1. The molecule has 0 aromatic heterocycles. The van der Waals surface area contributed by atoms with Gasteiger partial charge in [0.05, 0.1) is 5.69 Å². The van der Waals surface area contributed by atoms with Crippen molar-refractivity contribution in [3.63, 3.8) is 0 Å². The number of nitrogens with one attached hydrogen (secondary N) is 2. The Labute approximate surface area is 111 Å². The van der Waals surface area contributed by atoms with Gasteiger partial charge in [-0.3, -0.25) is 9.52 Å². The lowest BCUT2D eigenvalue weighted by molar-refractivity contribution is 0.0981. The fourth-order valence-corrected chi connectivity index (χ4v) is 2.26. The summed E-state index contributed by atoms with van der Waals surface area (Å²) in [5.74, 6) is -0.687. The Kier molecular flexibility index (Phi) is 3.82. The normalized spacial score (nSPS) is 10.7. The van der Waals surface area contributed by atoms with E-state index in [1.807, 2.05) is 4.72 Å². The van der Waals surface area contributed by atoms with Gasteiger partial charge in [-0.25, -0.2) is 4.72 Å². The topological polar surface area (TPSA) is 75.3 Å². The van der Waals surface area contributed by atoms with Gasteiger partial charge in [-0.15, -0.1) is 0 Å². The number of carbonyl (C=O) groups excluding carboxylic acids is 1. The van der Waals surface area contributed by atoms with Crippen LogP contribution < -0.4 is 9.44 Å². The Hall–Kier alpha value is -2.34. The van der Waals surface area contributed by atoms with Gasteiger partial charge in [-0.05, 0) is 30.3 Å². The number of benzene rings is 2. The summed E-state index contributed by atoms with van der Waals surface area (Å²) >= 11 is 0. The summed E-state index contributed by atoms with van der Waals surface area (Å²) in [6.07, 6.45) is 0. The molecule has 2 rings (SSSR count). The summed E-state index contributed by atoms with van der Waals surface area (Å²) in [5.41, 5.74) is 0.600. The van der Waals surface area contributed by atoms with Crippen LogP contribution >= 0.6 is 0 Å². The second-order valence-corrected chi connectivity index (χ2v) is 5.11. The highest BCUT2D eigenvalue weighted by Gasteiger charge is 2.15. The number of hydrogen-bond acceptors (Lipinski definition) is 3. The van der Waals surface area contributed by atoms with E-state index in [0.717, 1.165) is 0 Å². The Morgan fingerprint density at radius 2 is 1.79 bits per heavy atom. The van der Waals surface area contributed by atoms with Gasteiger partial charge in [0.25, 0.3) is 5.91 Å². The summed E-state index contributed by atoms with van der Waals surface area (Å²) in [7, 11) is -3.95. The molecular weight excluding hydrogens is 264 g/mol. The van der Waals surface area contributed by atoms with E-state index in [1.165, 1.54) is 18.2 Å². The van der Waals surface area contributed by atoms with Crippen molar-refractivity contribution in [2.24, 2.45) is 0 Å². The van der Waals surface area contributed by atoms with Crippen molar-refractivity contribution in [1.82, 2.24) is 4.72 Å². The van der Waals surface area contributed by atoms with E-state index in [9.17, 15) is 13.2 Å². The van der Waals surface area contributed by atoms with Crippen LogP contribution in [0.1, 0.15) is 10.4 Å². The lowest BCUT2D eigenvalue weighted by Gasteiger charge is -2.09. The van der Waals surface area contributed by atoms with Crippen LogP contribution in [0.4, 0.5) is 5.69 Å². The van der Waals surface area contributed by atoms with Gasteiger partial charge in [0.1, 0.15) is 0 Å². The Morgan fingerprint density at radius 1 is 1.05 bits per heavy atom. The third-order valence-electron chi connectivity index (χ3n) is 2.22. The third-order valence-corrected chi connectivity index (χ3v) is 3.18. The molecule has 0 aliphatic carbocycles. The molecule has 0 aliphatic rings. The van der Waals surface area contributed by atoms with Gasteiger partial charge in [-0.2, -0.15) is 8.42 Å². The molecule has 1 amide bonds. The first-order valence-corrected chi connectivity index (χ1v) is 6.91. The average Bonchev–Trinajstić information content (AvgIpc) is 2.39. The summed E-state index contributed by atoms with van der Waals surface area (Å²) in [5, 5.41) is 0. The Morgan fingerprint density at radius 3 is 2.42 bits per heavy atom. The highest BCUT2D eigenvalue weighted by molar-refractivity contribution is 7.91. The minimum Gasteiger partial charge on any atom is -0.268 e. The fraction of sp³-hybridized carbons (Fsp3) is 0. The molecule has 2 aromatic carbocycles. The second-order valence-electron chi connectivity index (χ2n) is 3.69. The van der Waals surface area contributed by atoms with Crippen LogP contribution in [0.15, 0.2) is 54.6 Å². The van der Waals surface area contributed by atoms with E-state index in [2.05, 4.69) is 10.8 Å². The van der Waals surface area contributed by atoms with Gasteiger partial charge in [0.2, 0.25) is 0 Å². The number of rotatable bonds is 4. The minimum absolute atomic E-state index is 0.271. The first kappa shape index (κ1) is 13.1. The molecule has 6 heteroatoms. The molecule has 0 saturated carbocycles. The van der Waals surface area contributed by atoms with Crippen LogP contribution in [0.5, 0.6) is 0 Å². The van der Waals surface area contributed by atoms with Crippen molar-refractivity contribution >= 4 is 21.8 Å². The number of carbonyl (C=O) groups is 1. The number of amides is 1. The first-order valence-electron chi connectivity index (χ1n) is 5.43. The summed E-state index contributed by atoms with van der Waals surface area (Å²) in [6, 6.07) is 17.1. The molecule has 97 valence electrons. The second kappa shape index (κ2) is 5.53. The van der Waals surface area contributed by atoms with Gasteiger partial charge >= 0.3 is 10.2 Å². The Bertz CT molecular complexity index is 655. The van der Waals surface area contributed by atoms with E-state index in [4.69, 9.17) is 0 Å². The molecule has 0 spiro atoms. The lowest BCUT2D eigenvalue weighted by Crippen LogP contribution is -2.35. The summed E-state index contributed by atoms with van der Waals surface area (Å²) in [6.45, 7) is 0. The highest BCUT2D eigenvalue weighted by atomic mass is 32.2. The van der Waals surface area contributed by atoms with E-state index < -0.39 is 16.1 Å². The lowest BCUT2D eigenvalue weighted by atomic mass is 10.2. The van der Waals surface area contributed by atoms with Crippen LogP contribution in [0.25, 0.3) is 0 Å². The molecule has 0 fully saturated rings. The molecule has 0 unspecified atom stereocenters. The predicted octanol–water partition coefficient (Wildman–Crippen LogP) is 1.57. The highest BCUT2D eigenvalue weighted by Crippen LogP contribution is 2.07. The smallest absolute Gasteiger partial charge is 0.268 e. The zero-order valence-electron chi connectivity index (χ0n) is 9.83. The zero-order chi connectivity index (χ0) is 13.7. The largest absolute Gasteiger partial charge is 0.323 e. The van der Waals surface area contributed by atoms with Gasteiger partial charge in [-0.1, -0.05) is 30.3 Å². The molecule has 2 aromatic rings. The van der Waals surface area contributed by atoms with Crippen molar-refractivity contribution in [1.29, 1.82) is 0 Å². The summed E-state index contributed by atoms with van der Waals surface area (Å²) in [4.78, 5) is 11.7. The van der Waals surface area contributed by atoms with Crippen LogP contribution in [-0.4, -0.2) is 14.3 Å². The minimum atomic E-state index is -3.95. The molecule has 0 saturated heterocycles. The van der Waals surface area contributed by atoms with Crippen molar-refractivity contribution < 1.29 is 13.2 Å². The molecule has 5 nitrogen and oxygen atoms in total. The molecule has 0 atom stereocenters. The third kappa shape index (κ3) is 3.82. The quantitative estimate of drug-likeness (QED) is 0.889. The van der Waals surface area contributed by atoms with Crippen LogP contribution in [0.2, 0.25) is 0 Å². The molecule has 0 heterocycles. The monoisotopic (exact) mass is 275 g/mol. The van der Waals surface area contributed by atoms with E-state index >= 15 is 0 Å². The molecular formula is C13H11N2O3S. The van der Waals surface area contributed by atoms with Crippen LogP contribution in [0.3, 0.4) is 0 Å². The first-order chi connectivity index (χ1) is 9.07. The zero-order valence-corrected chi connectivity index (χ0v) is 10.6. The summed E-state index contributed by atoms with van der Waals surface area (Å²) < 4.78 is 27.6. The van der Waals surface area contributed by atoms with Gasteiger partial charge < -0.3 is 0 Å². The van der Waals surface area contributed by atoms with Crippen molar-refractivity contribution in [2.75, 3.05) is 4.72 Å². The van der Waals surface area contributed by atoms with Crippen LogP contribution in [0, 0.1) is 6.07 Å². The number of anilines is 1. The molecule has 2 N–H and O–H groups in total. The molecule has 19 heavy (non-hydrogen) atoms. The van der Waals surface area contributed by atoms with Gasteiger partial charge in [0, 0.05) is 5.56 Å². The maximum atomic E-state index is 11.7. The van der Waals surface area contributed by atoms with Crippen LogP contribution in [-0.2, 0) is 10.2 Å². The van der Waals surface area contributed by atoms with E-state index in [-0.39, 0.29) is 5.56 Å². The molecule has 0 aliphatic heterocycles.